The number of aromatic carboxylic acids is 1. The second-order valence-corrected chi connectivity index (χ2v) is 7.40. The second-order valence-electron chi connectivity index (χ2n) is 7.40. The van der Waals surface area contributed by atoms with Gasteiger partial charge in [-0.3, -0.25) is 4.79 Å². The molecule has 0 saturated heterocycles. The Bertz CT molecular complexity index is 1110. The number of fused-ring (bicyclic) bond motifs is 1. The molecule has 7 heteroatoms. The molecule has 0 bridgehead atoms. The average Bonchev–Trinajstić information content (AvgIpc) is 3.06. The van der Waals surface area contributed by atoms with Crippen LogP contribution in [0.1, 0.15) is 58.7 Å². The fourth-order valence-electron chi connectivity index (χ4n) is 3.68. The lowest BCUT2D eigenvalue weighted by Gasteiger charge is -2.15. The summed E-state index contributed by atoms with van der Waals surface area (Å²) in [5, 5.41) is 20.5. The third-order valence-electron chi connectivity index (χ3n) is 5.11. The minimum absolute atomic E-state index is 0.0150. The van der Waals surface area contributed by atoms with Crippen molar-refractivity contribution in [2.75, 3.05) is 13.2 Å². The first-order valence-electron chi connectivity index (χ1n) is 10.3. The van der Waals surface area contributed by atoms with Gasteiger partial charge in [-0.2, -0.15) is 0 Å². The molecule has 3 N–H and O–H groups in total. The molecule has 1 aromatic heterocycles. The van der Waals surface area contributed by atoms with Crippen LogP contribution in [0.2, 0.25) is 0 Å². The minimum Gasteiger partial charge on any atom is -0.507 e. The van der Waals surface area contributed by atoms with Gasteiger partial charge in [0.05, 0.1) is 35.2 Å². The van der Waals surface area contributed by atoms with Gasteiger partial charge in [0.15, 0.2) is 5.78 Å². The molecular weight excluding hydrogens is 398 g/mol. The van der Waals surface area contributed by atoms with Gasteiger partial charge in [-0.1, -0.05) is 19.4 Å². The van der Waals surface area contributed by atoms with Crippen LogP contribution in [0.15, 0.2) is 30.3 Å². The van der Waals surface area contributed by atoms with Crippen LogP contribution in [0.4, 0.5) is 0 Å². The number of phenolic OH excluding ortho intramolecular Hbond substituents is 1. The molecule has 0 aliphatic heterocycles. The number of Topliss-reactive ketones (excluding diaryl/α,β-unsaturated/α-hetero) is 1. The molecule has 1 heterocycles. The SMILES string of the molecule is CCCc1c(OCCCOc2cccc3[nH]c(C)c(C(=O)O)c23)ccc(C(C)=O)c1O. The molecule has 0 amide bonds. The number of carbonyl (C=O) groups excluding carboxylic acids is 1. The Balaban J connectivity index is 1.66. The van der Waals surface area contributed by atoms with Crippen LogP contribution in [-0.4, -0.2) is 40.2 Å². The normalized spacial score (nSPS) is 10.9. The number of ether oxygens (including phenoxy) is 2. The zero-order valence-electron chi connectivity index (χ0n) is 17.9. The predicted molar refractivity (Wildman–Crippen MR) is 118 cm³/mol. The Morgan fingerprint density at radius 3 is 2.42 bits per heavy atom. The smallest absolute Gasteiger partial charge is 0.338 e. The number of aromatic hydroxyl groups is 1. The van der Waals surface area contributed by atoms with E-state index in [1.165, 1.54) is 6.92 Å². The van der Waals surface area contributed by atoms with Gasteiger partial charge in [-0.25, -0.2) is 4.79 Å². The summed E-state index contributed by atoms with van der Waals surface area (Å²) in [6.07, 6.45) is 1.97. The lowest BCUT2D eigenvalue weighted by Crippen LogP contribution is -2.08. The van der Waals surface area contributed by atoms with Crippen molar-refractivity contribution in [3.63, 3.8) is 0 Å². The number of aromatic nitrogens is 1. The molecule has 0 spiro atoms. The molecule has 164 valence electrons. The summed E-state index contributed by atoms with van der Waals surface area (Å²) in [6, 6.07) is 8.67. The number of phenols is 1. The molecule has 31 heavy (non-hydrogen) atoms. The van der Waals surface area contributed by atoms with Crippen LogP contribution in [0, 0.1) is 6.92 Å². The summed E-state index contributed by atoms with van der Waals surface area (Å²) in [5.41, 5.74) is 2.44. The number of hydrogen-bond acceptors (Lipinski definition) is 5. The maximum absolute atomic E-state index is 11.7. The zero-order chi connectivity index (χ0) is 22.5. The highest BCUT2D eigenvalue weighted by Crippen LogP contribution is 2.33. The van der Waals surface area contributed by atoms with Crippen molar-refractivity contribution in [1.29, 1.82) is 0 Å². The number of carboxylic acids is 1. The van der Waals surface area contributed by atoms with Gasteiger partial charge in [0.1, 0.15) is 17.2 Å². The fraction of sp³-hybridized carbons (Fsp3) is 0.333. The zero-order valence-corrected chi connectivity index (χ0v) is 17.9. The molecule has 2 aromatic carbocycles. The minimum atomic E-state index is -1.000. The van der Waals surface area contributed by atoms with Gasteiger partial charge < -0.3 is 24.7 Å². The van der Waals surface area contributed by atoms with Crippen molar-refractivity contribution in [1.82, 2.24) is 4.98 Å². The number of hydrogen-bond donors (Lipinski definition) is 3. The summed E-state index contributed by atoms with van der Waals surface area (Å²) in [6.45, 7) is 5.82. The third-order valence-corrected chi connectivity index (χ3v) is 5.11. The van der Waals surface area contributed by atoms with E-state index in [4.69, 9.17) is 9.47 Å². The number of H-pyrrole nitrogens is 1. The van der Waals surface area contributed by atoms with Crippen LogP contribution in [0.25, 0.3) is 10.9 Å². The average molecular weight is 425 g/mol. The van der Waals surface area contributed by atoms with Crippen molar-refractivity contribution < 1.29 is 29.3 Å². The van der Waals surface area contributed by atoms with Crippen LogP contribution < -0.4 is 9.47 Å². The van der Waals surface area contributed by atoms with Crippen molar-refractivity contribution in [2.24, 2.45) is 0 Å². The number of aryl methyl sites for hydroxylation is 1. The number of nitrogens with one attached hydrogen (secondary N) is 1. The summed E-state index contributed by atoms with van der Waals surface area (Å²) in [5.74, 6) is -0.140. The number of aromatic amines is 1. The van der Waals surface area contributed by atoms with Gasteiger partial charge in [0.25, 0.3) is 0 Å². The first kappa shape index (κ1) is 22.2. The maximum atomic E-state index is 11.7. The summed E-state index contributed by atoms with van der Waals surface area (Å²) >= 11 is 0. The maximum Gasteiger partial charge on any atom is 0.338 e. The predicted octanol–water partition coefficient (Wildman–Crippen LogP) is 4.88. The van der Waals surface area contributed by atoms with E-state index in [1.54, 1.807) is 25.1 Å². The Morgan fingerprint density at radius 2 is 1.77 bits per heavy atom. The highest BCUT2D eigenvalue weighted by atomic mass is 16.5. The molecule has 0 atom stereocenters. The van der Waals surface area contributed by atoms with Crippen molar-refractivity contribution in [2.45, 2.75) is 40.0 Å². The summed E-state index contributed by atoms with van der Waals surface area (Å²) in [4.78, 5) is 26.4. The molecule has 0 aliphatic carbocycles. The van der Waals surface area contributed by atoms with Crippen LogP contribution in [0.5, 0.6) is 17.2 Å². The number of carbonyl (C=O) groups is 2. The monoisotopic (exact) mass is 425 g/mol. The van der Waals surface area contributed by atoms with Crippen molar-refractivity contribution >= 4 is 22.7 Å². The van der Waals surface area contributed by atoms with E-state index >= 15 is 0 Å². The second kappa shape index (κ2) is 9.55. The van der Waals surface area contributed by atoms with E-state index < -0.39 is 5.97 Å². The lowest BCUT2D eigenvalue weighted by atomic mass is 10.0. The van der Waals surface area contributed by atoms with E-state index in [9.17, 15) is 19.8 Å². The van der Waals surface area contributed by atoms with Crippen LogP contribution >= 0.6 is 0 Å². The number of carboxylic acid groups (broad SMARTS) is 1. The Labute approximate surface area is 180 Å². The van der Waals surface area contributed by atoms with E-state index in [-0.39, 0.29) is 17.1 Å². The van der Waals surface area contributed by atoms with Gasteiger partial charge in [-0.15, -0.1) is 0 Å². The molecule has 0 aliphatic rings. The van der Waals surface area contributed by atoms with E-state index in [1.807, 2.05) is 19.1 Å². The van der Waals surface area contributed by atoms with Crippen LogP contribution in [0.3, 0.4) is 0 Å². The van der Waals surface area contributed by atoms with Crippen molar-refractivity contribution in [3.05, 3.63) is 52.7 Å². The Morgan fingerprint density at radius 1 is 1.06 bits per heavy atom. The van der Waals surface area contributed by atoms with Gasteiger partial charge in [-0.05, 0) is 44.5 Å². The topological polar surface area (TPSA) is 109 Å². The van der Waals surface area contributed by atoms with Gasteiger partial charge >= 0.3 is 5.97 Å². The first-order valence-corrected chi connectivity index (χ1v) is 10.3. The molecule has 3 aromatic rings. The van der Waals surface area contributed by atoms with E-state index in [0.29, 0.717) is 65.3 Å². The first-order chi connectivity index (χ1) is 14.8. The van der Waals surface area contributed by atoms with Crippen LogP contribution in [-0.2, 0) is 6.42 Å². The molecular formula is C24H27NO6. The molecule has 0 radical (unpaired) electrons. The number of rotatable bonds is 10. The number of benzene rings is 2. The standard InChI is InChI=1S/C24H27NO6/c1-4-7-17-19(11-10-16(15(3)26)23(17)27)30-12-6-13-31-20-9-5-8-18-22(20)21(24(28)29)14(2)25-18/h5,8-11,25,27H,4,6-7,12-13H2,1-3H3,(H,28,29). The van der Waals surface area contributed by atoms with Gasteiger partial charge in [0.2, 0.25) is 0 Å². The Hall–Kier alpha value is -3.48. The van der Waals surface area contributed by atoms with Gasteiger partial charge in [0, 0.05) is 17.7 Å². The molecule has 7 nitrogen and oxygen atoms in total. The number of ketones is 1. The molecule has 3 rings (SSSR count). The highest BCUT2D eigenvalue weighted by molar-refractivity contribution is 6.07. The molecule has 0 saturated carbocycles. The summed E-state index contributed by atoms with van der Waals surface area (Å²) in [7, 11) is 0. The lowest BCUT2D eigenvalue weighted by molar-refractivity contribution is 0.0697. The Kier molecular flexibility index (Phi) is 6.84. The molecule has 0 fully saturated rings. The quantitative estimate of drug-likeness (QED) is 0.315. The van der Waals surface area contributed by atoms with E-state index in [2.05, 4.69) is 4.98 Å². The third kappa shape index (κ3) is 4.66. The summed E-state index contributed by atoms with van der Waals surface area (Å²) < 4.78 is 11.7. The fourth-order valence-corrected chi connectivity index (χ4v) is 3.68. The molecule has 0 unspecified atom stereocenters. The van der Waals surface area contributed by atoms with E-state index in [0.717, 1.165) is 6.42 Å². The largest absolute Gasteiger partial charge is 0.507 e. The van der Waals surface area contributed by atoms with Crippen molar-refractivity contribution in [3.8, 4) is 17.2 Å². The highest BCUT2D eigenvalue weighted by Gasteiger charge is 2.19.